The van der Waals surface area contributed by atoms with Gasteiger partial charge in [0.05, 0.1) is 4.92 Å². The summed E-state index contributed by atoms with van der Waals surface area (Å²) in [5.74, 6) is -1.48. The number of benzene rings is 1. The molecule has 1 rings (SSSR count). The Hall–Kier alpha value is -0.990. The molecule has 0 saturated carbocycles. The summed E-state index contributed by atoms with van der Waals surface area (Å²) in [5, 5.41) is 28.5. The van der Waals surface area contributed by atoms with E-state index in [2.05, 4.69) is 31.9 Å². The van der Waals surface area contributed by atoms with Crippen molar-refractivity contribution in [1.82, 2.24) is 0 Å². The largest absolute Gasteiger partial charge is 0.479 e. The predicted octanol–water partition coefficient (Wildman–Crippen LogP) is 2.24. The van der Waals surface area contributed by atoms with Crippen molar-refractivity contribution in [3.63, 3.8) is 0 Å². The maximum Gasteiger partial charge on any atom is 0.337 e. The van der Waals surface area contributed by atoms with Crippen molar-refractivity contribution in [2.45, 2.75) is 6.10 Å². The van der Waals surface area contributed by atoms with E-state index in [9.17, 15) is 20.0 Å². The number of rotatable bonds is 3. The van der Waals surface area contributed by atoms with Crippen molar-refractivity contribution < 1.29 is 19.9 Å². The van der Waals surface area contributed by atoms with Gasteiger partial charge < -0.3 is 10.2 Å². The van der Waals surface area contributed by atoms with E-state index in [4.69, 9.17) is 5.11 Å². The summed E-state index contributed by atoms with van der Waals surface area (Å²) in [6.45, 7) is 0. The molecular formula is C8H5Br2NO5. The Morgan fingerprint density at radius 2 is 2.00 bits per heavy atom. The number of non-ortho nitro benzene ring substituents is 1. The van der Waals surface area contributed by atoms with Gasteiger partial charge in [-0.15, -0.1) is 0 Å². The zero-order valence-corrected chi connectivity index (χ0v) is 10.7. The molecule has 16 heavy (non-hydrogen) atoms. The highest BCUT2D eigenvalue weighted by atomic mass is 79.9. The third kappa shape index (κ3) is 2.57. The van der Waals surface area contributed by atoms with Crippen molar-refractivity contribution >= 4 is 43.5 Å². The average Bonchev–Trinajstić information content (AvgIpc) is 2.20. The Bertz CT molecular complexity index is 462. The van der Waals surface area contributed by atoms with Gasteiger partial charge in [0.25, 0.3) is 5.69 Å². The zero-order chi connectivity index (χ0) is 12.5. The summed E-state index contributed by atoms with van der Waals surface area (Å²) in [6.07, 6.45) is -1.81. The van der Waals surface area contributed by atoms with Crippen LogP contribution in [-0.4, -0.2) is 21.1 Å². The molecular weight excluding hydrogens is 350 g/mol. The smallest absolute Gasteiger partial charge is 0.337 e. The lowest BCUT2D eigenvalue weighted by Crippen LogP contribution is -2.11. The molecule has 6 nitrogen and oxygen atoms in total. The Balaban J connectivity index is 3.37. The molecule has 1 aromatic carbocycles. The molecule has 8 heteroatoms. The molecule has 0 radical (unpaired) electrons. The number of nitro groups is 1. The van der Waals surface area contributed by atoms with E-state index in [1.54, 1.807) is 0 Å². The van der Waals surface area contributed by atoms with Gasteiger partial charge in [0, 0.05) is 26.6 Å². The van der Waals surface area contributed by atoms with Gasteiger partial charge in [-0.05, 0) is 31.9 Å². The topological polar surface area (TPSA) is 101 Å². The van der Waals surface area contributed by atoms with Crippen LogP contribution in [-0.2, 0) is 4.79 Å². The summed E-state index contributed by atoms with van der Waals surface area (Å²) in [6, 6.07) is 2.22. The van der Waals surface area contributed by atoms with Crippen LogP contribution in [0.3, 0.4) is 0 Å². The molecule has 0 aliphatic heterocycles. The van der Waals surface area contributed by atoms with Crippen LogP contribution in [0.2, 0.25) is 0 Å². The van der Waals surface area contributed by atoms with Crippen LogP contribution < -0.4 is 0 Å². The van der Waals surface area contributed by atoms with Crippen molar-refractivity contribution in [1.29, 1.82) is 0 Å². The molecule has 0 aliphatic carbocycles. The van der Waals surface area contributed by atoms with Gasteiger partial charge in [-0.2, -0.15) is 0 Å². The van der Waals surface area contributed by atoms with E-state index in [1.807, 2.05) is 0 Å². The predicted molar refractivity (Wildman–Crippen MR) is 61.1 cm³/mol. The maximum absolute atomic E-state index is 10.6. The van der Waals surface area contributed by atoms with Crippen LogP contribution in [0.1, 0.15) is 11.7 Å². The third-order valence-corrected chi connectivity index (χ3v) is 3.82. The van der Waals surface area contributed by atoms with Gasteiger partial charge in [0.15, 0.2) is 6.10 Å². The second-order valence-electron chi connectivity index (χ2n) is 2.83. The lowest BCUT2D eigenvalue weighted by molar-refractivity contribution is -0.385. The fourth-order valence-corrected chi connectivity index (χ4v) is 1.94. The molecule has 1 aromatic rings. The summed E-state index contributed by atoms with van der Waals surface area (Å²) in [5.41, 5.74) is -0.376. The number of aliphatic hydroxyl groups is 1. The van der Waals surface area contributed by atoms with Gasteiger partial charge in [0.2, 0.25) is 0 Å². The number of halogens is 2. The zero-order valence-electron chi connectivity index (χ0n) is 7.55. The van der Waals surface area contributed by atoms with Crippen LogP contribution in [0.25, 0.3) is 0 Å². The van der Waals surface area contributed by atoms with Crippen LogP contribution in [0, 0.1) is 10.1 Å². The normalized spacial score (nSPS) is 12.2. The lowest BCUT2D eigenvalue weighted by Gasteiger charge is -2.09. The molecule has 1 unspecified atom stereocenters. The minimum absolute atomic E-state index is 0.0754. The SMILES string of the molecule is O=C(O)C(O)c1cc([N+](=O)[O-])cc(Br)c1Br. The first-order valence-corrected chi connectivity index (χ1v) is 5.47. The van der Waals surface area contributed by atoms with Gasteiger partial charge in [-0.3, -0.25) is 10.1 Å². The van der Waals surface area contributed by atoms with E-state index in [0.717, 1.165) is 6.07 Å². The van der Waals surface area contributed by atoms with E-state index in [1.165, 1.54) is 6.07 Å². The molecule has 0 aromatic heterocycles. The lowest BCUT2D eigenvalue weighted by atomic mass is 10.1. The number of carbonyl (C=O) groups is 1. The third-order valence-electron chi connectivity index (χ3n) is 1.78. The molecule has 0 aliphatic rings. The molecule has 0 heterocycles. The first-order chi connectivity index (χ1) is 7.34. The summed E-state index contributed by atoms with van der Waals surface area (Å²) in [7, 11) is 0. The highest BCUT2D eigenvalue weighted by molar-refractivity contribution is 9.13. The first-order valence-electron chi connectivity index (χ1n) is 3.88. The van der Waals surface area contributed by atoms with Crippen LogP contribution >= 0.6 is 31.9 Å². The fraction of sp³-hybridized carbons (Fsp3) is 0.125. The molecule has 86 valence electrons. The number of aliphatic carboxylic acids is 1. The van der Waals surface area contributed by atoms with Crippen LogP contribution in [0.4, 0.5) is 5.69 Å². The number of carboxylic acid groups (broad SMARTS) is 1. The number of hydrogen-bond acceptors (Lipinski definition) is 4. The average molecular weight is 355 g/mol. The van der Waals surface area contributed by atoms with Gasteiger partial charge >= 0.3 is 5.97 Å². The Kier molecular flexibility index (Phi) is 4.00. The number of aliphatic hydroxyl groups excluding tert-OH is 1. The highest BCUT2D eigenvalue weighted by Crippen LogP contribution is 2.34. The van der Waals surface area contributed by atoms with Crippen molar-refractivity contribution in [2.75, 3.05) is 0 Å². The fourth-order valence-electron chi connectivity index (χ4n) is 1.03. The second-order valence-corrected chi connectivity index (χ2v) is 4.48. The van der Waals surface area contributed by atoms with Gasteiger partial charge in [0.1, 0.15) is 0 Å². The minimum Gasteiger partial charge on any atom is -0.479 e. The highest BCUT2D eigenvalue weighted by Gasteiger charge is 2.23. The van der Waals surface area contributed by atoms with Crippen molar-refractivity contribution in [2.24, 2.45) is 0 Å². The molecule has 0 amide bonds. The molecule has 0 fully saturated rings. The van der Waals surface area contributed by atoms with Gasteiger partial charge in [-0.25, -0.2) is 4.79 Å². The van der Waals surface area contributed by atoms with Crippen LogP contribution in [0.15, 0.2) is 21.1 Å². The minimum atomic E-state index is -1.81. The number of nitro benzene ring substituents is 1. The second kappa shape index (κ2) is 4.89. The number of carboxylic acids is 1. The molecule has 1 atom stereocenters. The van der Waals surface area contributed by atoms with Crippen molar-refractivity contribution in [3.8, 4) is 0 Å². The van der Waals surface area contributed by atoms with Crippen molar-refractivity contribution in [3.05, 3.63) is 36.8 Å². The van der Waals surface area contributed by atoms with E-state index in [-0.39, 0.29) is 15.7 Å². The Morgan fingerprint density at radius 1 is 1.44 bits per heavy atom. The number of nitrogens with zero attached hydrogens (tertiary/aromatic N) is 1. The molecule has 0 bridgehead atoms. The Labute approximate surface area is 106 Å². The maximum atomic E-state index is 10.6. The number of hydrogen-bond donors (Lipinski definition) is 2. The summed E-state index contributed by atoms with van der Waals surface area (Å²) < 4.78 is 0.574. The van der Waals surface area contributed by atoms with Gasteiger partial charge in [-0.1, -0.05) is 0 Å². The molecule has 0 saturated heterocycles. The Morgan fingerprint density at radius 3 is 2.44 bits per heavy atom. The monoisotopic (exact) mass is 353 g/mol. The van der Waals surface area contributed by atoms with E-state index >= 15 is 0 Å². The summed E-state index contributed by atoms with van der Waals surface area (Å²) >= 11 is 6.07. The molecule has 2 N–H and O–H groups in total. The molecule has 0 spiro atoms. The van der Waals surface area contributed by atoms with E-state index in [0.29, 0.717) is 4.47 Å². The summed E-state index contributed by atoms with van der Waals surface area (Å²) in [4.78, 5) is 20.5. The van der Waals surface area contributed by atoms with Crippen LogP contribution in [0.5, 0.6) is 0 Å². The standard InChI is InChI=1S/C8H5Br2NO5/c9-5-2-3(11(15)16)1-4(6(5)10)7(12)8(13)14/h1-2,7,12H,(H,13,14). The quantitative estimate of drug-likeness (QED) is 0.640. The first kappa shape index (κ1) is 13.1. The van der Waals surface area contributed by atoms with E-state index < -0.39 is 17.0 Å².